The molecule has 0 aliphatic heterocycles. The van der Waals surface area contributed by atoms with E-state index in [9.17, 15) is 9.59 Å². The molecule has 0 aliphatic rings. The number of thiazole rings is 1. The number of benzene rings is 2. The molecule has 0 fully saturated rings. The predicted molar refractivity (Wildman–Crippen MR) is 119 cm³/mol. The molecular formula is C21H23N3O2S2. The third-order valence-electron chi connectivity index (χ3n) is 4.26. The first-order valence-corrected chi connectivity index (χ1v) is 10.7. The fourth-order valence-corrected chi connectivity index (χ4v) is 5.29. The number of nitrogens with zero attached hydrogens (tertiary/aromatic N) is 1. The minimum absolute atomic E-state index is 0.0433. The molecule has 0 unspecified atom stereocenters. The highest BCUT2D eigenvalue weighted by Crippen LogP contribution is 2.34. The molecule has 5 nitrogen and oxygen atoms in total. The molecule has 1 atom stereocenters. The number of rotatable bonds is 5. The largest absolute Gasteiger partial charge is 0.326 e. The number of hydrogen-bond acceptors (Lipinski definition) is 5. The second kappa shape index (κ2) is 8.32. The minimum atomic E-state index is -0.282. The van der Waals surface area contributed by atoms with Gasteiger partial charge >= 0.3 is 0 Å². The summed E-state index contributed by atoms with van der Waals surface area (Å²) in [5, 5.41) is 5.55. The van der Waals surface area contributed by atoms with Crippen molar-refractivity contribution in [3.8, 4) is 0 Å². The van der Waals surface area contributed by atoms with Crippen LogP contribution in [0.4, 0.5) is 11.4 Å². The Morgan fingerprint density at radius 1 is 1.07 bits per heavy atom. The van der Waals surface area contributed by atoms with E-state index in [0.29, 0.717) is 0 Å². The summed E-state index contributed by atoms with van der Waals surface area (Å²) in [5.74, 6) is -0.149. The summed E-state index contributed by atoms with van der Waals surface area (Å²) in [7, 11) is 0. The molecule has 7 heteroatoms. The Labute approximate surface area is 172 Å². The lowest BCUT2D eigenvalue weighted by Crippen LogP contribution is -2.23. The smallest absolute Gasteiger partial charge is 0.237 e. The number of carbonyl (C=O) groups is 2. The van der Waals surface area contributed by atoms with E-state index in [0.717, 1.165) is 37.1 Å². The quantitative estimate of drug-likeness (QED) is 0.557. The van der Waals surface area contributed by atoms with Crippen LogP contribution in [0, 0.1) is 20.8 Å². The van der Waals surface area contributed by atoms with Crippen LogP contribution >= 0.6 is 23.1 Å². The van der Waals surface area contributed by atoms with E-state index in [1.165, 1.54) is 35.6 Å². The summed E-state index contributed by atoms with van der Waals surface area (Å²) in [4.78, 5) is 28.5. The van der Waals surface area contributed by atoms with Crippen molar-refractivity contribution in [3.05, 3.63) is 47.0 Å². The molecule has 0 spiro atoms. The number of aromatic nitrogens is 1. The molecule has 0 aliphatic carbocycles. The molecule has 0 saturated heterocycles. The standard InChI is InChI=1S/C21H23N3O2S2/c1-11-8-12(2)19(13(3)9-11)24-20(26)14(4)27-21-23-17-7-6-16(22-15(5)25)10-18(17)28-21/h6-10,14H,1-5H3,(H,22,25)(H,24,26)/t14-/m1/s1. The maximum atomic E-state index is 12.7. The van der Waals surface area contributed by atoms with Crippen molar-refractivity contribution in [2.24, 2.45) is 0 Å². The lowest BCUT2D eigenvalue weighted by atomic mass is 10.1. The number of anilines is 2. The summed E-state index contributed by atoms with van der Waals surface area (Å²) < 4.78 is 1.81. The first-order chi connectivity index (χ1) is 13.2. The third-order valence-corrected chi connectivity index (χ3v) is 6.47. The number of amides is 2. The molecule has 2 N–H and O–H groups in total. The molecule has 0 radical (unpaired) electrons. The van der Waals surface area contributed by atoms with E-state index in [4.69, 9.17) is 0 Å². The summed E-state index contributed by atoms with van der Waals surface area (Å²) >= 11 is 2.96. The second-order valence-electron chi connectivity index (χ2n) is 6.87. The molecule has 0 bridgehead atoms. The highest BCUT2D eigenvalue weighted by molar-refractivity contribution is 8.02. The zero-order chi connectivity index (χ0) is 20.4. The number of nitrogens with one attached hydrogen (secondary N) is 2. The van der Waals surface area contributed by atoms with Crippen molar-refractivity contribution >= 4 is 56.5 Å². The van der Waals surface area contributed by atoms with Crippen LogP contribution in [-0.2, 0) is 9.59 Å². The molecule has 3 rings (SSSR count). The molecule has 3 aromatic rings. The van der Waals surface area contributed by atoms with Crippen LogP contribution in [-0.4, -0.2) is 22.0 Å². The van der Waals surface area contributed by atoms with Crippen LogP contribution in [0.25, 0.3) is 10.2 Å². The highest BCUT2D eigenvalue weighted by atomic mass is 32.2. The average molecular weight is 414 g/mol. The van der Waals surface area contributed by atoms with Crippen LogP contribution in [0.2, 0.25) is 0 Å². The van der Waals surface area contributed by atoms with Gasteiger partial charge in [0.25, 0.3) is 0 Å². The monoisotopic (exact) mass is 413 g/mol. The van der Waals surface area contributed by atoms with Crippen LogP contribution in [0.1, 0.15) is 30.5 Å². The Kier molecular flexibility index (Phi) is 6.05. The molecule has 28 heavy (non-hydrogen) atoms. The predicted octanol–water partition coefficient (Wildman–Crippen LogP) is 5.30. The van der Waals surface area contributed by atoms with Gasteiger partial charge in [0, 0.05) is 18.3 Å². The van der Waals surface area contributed by atoms with Crippen molar-refractivity contribution in [1.82, 2.24) is 4.98 Å². The Morgan fingerprint density at radius 2 is 1.75 bits per heavy atom. The van der Waals surface area contributed by atoms with E-state index in [1.54, 1.807) is 0 Å². The fourth-order valence-electron chi connectivity index (χ4n) is 3.04. The van der Waals surface area contributed by atoms with Gasteiger partial charge in [-0.15, -0.1) is 11.3 Å². The molecule has 1 aromatic heterocycles. The van der Waals surface area contributed by atoms with Crippen molar-refractivity contribution in [3.63, 3.8) is 0 Å². The van der Waals surface area contributed by atoms with Crippen molar-refractivity contribution in [2.45, 2.75) is 44.2 Å². The number of aryl methyl sites for hydroxylation is 3. The number of fused-ring (bicyclic) bond motifs is 1. The van der Waals surface area contributed by atoms with Gasteiger partial charge in [-0.2, -0.15) is 0 Å². The van der Waals surface area contributed by atoms with Gasteiger partial charge in [0.2, 0.25) is 11.8 Å². The number of thioether (sulfide) groups is 1. The highest BCUT2D eigenvalue weighted by Gasteiger charge is 2.18. The van der Waals surface area contributed by atoms with Gasteiger partial charge < -0.3 is 10.6 Å². The fraction of sp³-hybridized carbons (Fsp3) is 0.286. The van der Waals surface area contributed by atoms with Gasteiger partial charge in [-0.3, -0.25) is 9.59 Å². The normalized spacial score (nSPS) is 12.0. The molecular weight excluding hydrogens is 390 g/mol. The SMILES string of the molecule is CC(=O)Nc1ccc2nc(S[C@H](C)C(=O)Nc3c(C)cc(C)cc3C)sc2c1. The van der Waals surface area contributed by atoms with Gasteiger partial charge in [-0.05, 0) is 57.0 Å². The molecule has 146 valence electrons. The van der Waals surface area contributed by atoms with Crippen LogP contribution in [0.3, 0.4) is 0 Å². The summed E-state index contributed by atoms with van der Waals surface area (Å²) in [5.41, 5.74) is 5.80. The maximum Gasteiger partial charge on any atom is 0.237 e. The Morgan fingerprint density at radius 3 is 2.39 bits per heavy atom. The third kappa shape index (κ3) is 4.72. The summed E-state index contributed by atoms with van der Waals surface area (Å²) in [6.07, 6.45) is 0. The van der Waals surface area contributed by atoms with Crippen molar-refractivity contribution in [1.29, 1.82) is 0 Å². The Hall–Kier alpha value is -2.38. The molecule has 1 heterocycles. The van der Waals surface area contributed by atoms with E-state index < -0.39 is 0 Å². The van der Waals surface area contributed by atoms with Gasteiger partial charge in [0.05, 0.1) is 15.5 Å². The molecule has 2 amide bonds. The first kappa shape index (κ1) is 20.4. The van der Waals surface area contributed by atoms with E-state index in [2.05, 4.69) is 34.7 Å². The zero-order valence-electron chi connectivity index (χ0n) is 16.5. The van der Waals surface area contributed by atoms with E-state index in [-0.39, 0.29) is 17.1 Å². The van der Waals surface area contributed by atoms with Crippen LogP contribution < -0.4 is 10.6 Å². The Balaban J connectivity index is 1.72. The van der Waals surface area contributed by atoms with E-state index in [1.807, 2.05) is 39.0 Å². The molecule has 2 aromatic carbocycles. The van der Waals surface area contributed by atoms with Crippen LogP contribution in [0.5, 0.6) is 0 Å². The summed E-state index contributed by atoms with van der Waals surface area (Å²) in [6.45, 7) is 9.43. The topological polar surface area (TPSA) is 71.1 Å². The first-order valence-electron chi connectivity index (χ1n) is 8.96. The van der Waals surface area contributed by atoms with Gasteiger partial charge in [-0.25, -0.2) is 4.98 Å². The maximum absolute atomic E-state index is 12.7. The van der Waals surface area contributed by atoms with Crippen LogP contribution in [0.15, 0.2) is 34.7 Å². The number of hydrogen-bond donors (Lipinski definition) is 2. The summed E-state index contributed by atoms with van der Waals surface area (Å²) in [6, 6.07) is 9.76. The number of carbonyl (C=O) groups excluding carboxylic acids is 2. The van der Waals surface area contributed by atoms with Crippen molar-refractivity contribution in [2.75, 3.05) is 10.6 Å². The van der Waals surface area contributed by atoms with Gasteiger partial charge in [0.15, 0.2) is 4.34 Å². The lowest BCUT2D eigenvalue weighted by molar-refractivity contribution is -0.115. The van der Waals surface area contributed by atoms with Gasteiger partial charge in [0.1, 0.15) is 0 Å². The van der Waals surface area contributed by atoms with Crippen molar-refractivity contribution < 1.29 is 9.59 Å². The second-order valence-corrected chi connectivity index (χ2v) is 9.49. The minimum Gasteiger partial charge on any atom is -0.326 e. The van der Waals surface area contributed by atoms with Gasteiger partial charge in [-0.1, -0.05) is 29.5 Å². The zero-order valence-corrected chi connectivity index (χ0v) is 18.2. The molecule has 0 saturated carbocycles. The Bertz CT molecular complexity index is 1040. The lowest BCUT2D eigenvalue weighted by Gasteiger charge is -2.15. The average Bonchev–Trinajstić information content (AvgIpc) is 2.98. The van der Waals surface area contributed by atoms with E-state index >= 15 is 0 Å².